The van der Waals surface area contributed by atoms with Crippen LogP contribution >= 0.6 is 0 Å². The number of alkyl halides is 3. The SMILES string of the molecule is CCCOC[C@@H](C)c1ccc(C(F)(F)F)cc1. The lowest BCUT2D eigenvalue weighted by molar-refractivity contribution is -0.137. The predicted molar refractivity (Wildman–Crippen MR) is 61.0 cm³/mol. The normalized spacial score (nSPS) is 13.7. The largest absolute Gasteiger partial charge is 0.416 e. The highest BCUT2D eigenvalue weighted by Crippen LogP contribution is 2.30. The number of ether oxygens (including phenoxy) is 1. The Labute approximate surface area is 99.6 Å². The van der Waals surface area contributed by atoms with Gasteiger partial charge in [-0.1, -0.05) is 26.0 Å². The molecule has 0 saturated heterocycles. The molecular weight excluding hydrogens is 229 g/mol. The lowest BCUT2D eigenvalue weighted by Crippen LogP contribution is -2.07. The number of hydrogen-bond donors (Lipinski definition) is 0. The van der Waals surface area contributed by atoms with Crippen LogP contribution in [0, 0.1) is 0 Å². The van der Waals surface area contributed by atoms with Crippen LogP contribution in [-0.2, 0) is 10.9 Å². The van der Waals surface area contributed by atoms with Crippen molar-refractivity contribution < 1.29 is 17.9 Å². The molecule has 0 aliphatic carbocycles. The van der Waals surface area contributed by atoms with E-state index in [0.29, 0.717) is 13.2 Å². The zero-order chi connectivity index (χ0) is 12.9. The van der Waals surface area contributed by atoms with Gasteiger partial charge in [0.05, 0.1) is 12.2 Å². The Morgan fingerprint density at radius 1 is 1.18 bits per heavy atom. The van der Waals surface area contributed by atoms with Crippen molar-refractivity contribution in [2.24, 2.45) is 0 Å². The summed E-state index contributed by atoms with van der Waals surface area (Å²) >= 11 is 0. The summed E-state index contributed by atoms with van der Waals surface area (Å²) in [7, 11) is 0. The van der Waals surface area contributed by atoms with E-state index in [2.05, 4.69) is 0 Å². The Kier molecular flexibility index (Phi) is 5.00. The summed E-state index contributed by atoms with van der Waals surface area (Å²) in [5.74, 6) is 0.115. The summed E-state index contributed by atoms with van der Waals surface area (Å²) in [6.45, 7) is 5.19. The first-order valence-corrected chi connectivity index (χ1v) is 5.70. The molecule has 0 heterocycles. The maximum Gasteiger partial charge on any atom is 0.416 e. The van der Waals surface area contributed by atoms with Crippen LogP contribution in [0.1, 0.15) is 37.3 Å². The van der Waals surface area contributed by atoms with Gasteiger partial charge in [0, 0.05) is 12.5 Å². The third-order valence-corrected chi connectivity index (χ3v) is 2.52. The lowest BCUT2D eigenvalue weighted by atomic mass is 10.0. The minimum atomic E-state index is -4.26. The summed E-state index contributed by atoms with van der Waals surface area (Å²) in [4.78, 5) is 0. The minimum absolute atomic E-state index is 0.115. The fourth-order valence-electron chi connectivity index (χ4n) is 1.50. The second-order valence-corrected chi connectivity index (χ2v) is 4.10. The van der Waals surface area contributed by atoms with Gasteiger partial charge >= 0.3 is 6.18 Å². The molecule has 1 nitrogen and oxygen atoms in total. The Hall–Kier alpha value is -1.03. The van der Waals surface area contributed by atoms with E-state index in [4.69, 9.17) is 4.74 Å². The quantitative estimate of drug-likeness (QED) is 0.706. The highest BCUT2D eigenvalue weighted by molar-refractivity contribution is 5.26. The molecule has 0 aliphatic heterocycles. The van der Waals surface area contributed by atoms with E-state index in [1.807, 2.05) is 13.8 Å². The Morgan fingerprint density at radius 2 is 1.76 bits per heavy atom. The first kappa shape index (κ1) is 14.0. The van der Waals surface area contributed by atoms with Crippen LogP contribution in [0.2, 0.25) is 0 Å². The van der Waals surface area contributed by atoms with Gasteiger partial charge in [0.15, 0.2) is 0 Å². The molecule has 0 fully saturated rings. The van der Waals surface area contributed by atoms with Crippen LogP contribution in [0.25, 0.3) is 0 Å². The number of halogens is 3. The van der Waals surface area contributed by atoms with Crippen molar-refractivity contribution in [3.05, 3.63) is 35.4 Å². The average molecular weight is 246 g/mol. The summed E-state index contributed by atoms with van der Waals surface area (Å²) in [6.07, 6.45) is -3.32. The smallest absolute Gasteiger partial charge is 0.381 e. The third-order valence-electron chi connectivity index (χ3n) is 2.52. The van der Waals surface area contributed by atoms with Gasteiger partial charge in [0.1, 0.15) is 0 Å². The standard InChI is InChI=1S/C13H17F3O/c1-3-8-17-9-10(2)11-4-6-12(7-5-11)13(14,15)16/h4-7,10H,3,8-9H2,1-2H3/t10-/m1/s1. The first-order chi connectivity index (χ1) is 7.95. The molecule has 4 heteroatoms. The van der Waals surface area contributed by atoms with Crippen LogP contribution < -0.4 is 0 Å². The van der Waals surface area contributed by atoms with Gasteiger partial charge in [-0.05, 0) is 24.1 Å². The second kappa shape index (κ2) is 6.05. The molecule has 1 aromatic carbocycles. The Balaban J connectivity index is 2.61. The van der Waals surface area contributed by atoms with Crippen molar-refractivity contribution in [2.75, 3.05) is 13.2 Å². The van der Waals surface area contributed by atoms with Gasteiger partial charge in [0.25, 0.3) is 0 Å². The van der Waals surface area contributed by atoms with Gasteiger partial charge in [-0.25, -0.2) is 0 Å². The maximum absolute atomic E-state index is 12.3. The van der Waals surface area contributed by atoms with Crippen molar-refractivity contribution in [1.82, 2.24) is 0 Å². The van der Waals surface area contributed by atoms with Crippen LogP contribution in [0.3, 0.4) is 0 Å². The Morgan fingerprint density at radius 3 is 2.24 bits per heavy atom. The number of rotatable bonds is 5. The van der Waals surface area contributed by atoms with Crippen LogP contribution in [0.4, 0.5) is 13.2 Å². The Bertz CT molecular complexity index is 330. The summed E-state index contributed by atoms with van der Waals surface area (Å²) in [5.41, 5.74) is 0.261. The molecule has 0 radical (unpaired) electrons. The zero-order valence-electron chi connectivity index (χ0n) is 10.1. The van der Waals surface area contributed by atoms with E-state index in [1.54, 1.807) is 0 Å². The zero-order valence-corrected chi connectivity index (χ0v) is 10.1. The summed E-state index contributed by atoms with van der Waals surface area (Å²) in [6, 6.07) is 5.27. The lowest BCUT2D eigenvalue weighted by Gasteiger charge is -2.13. The monoisotopic (exact) mass is 246 g/mol. The van der Waals surface area contributed by atoms with Gasteiger partial charge in [-0.3, -0.25) is 0 Å². The third kappa shape index (κ3) is 4.38. The van der Waals surface area contributed by atoms with E-state index in [9.17, 15) is 13.2 Å². The van der Waals surface area contributed by atoms with Crippen molar-refractivity contribution in [1.29, 1.82) is 0 Å². The molecule has 0 bridgehead atoms. The van der Waals surface area contributed by atoms with Crippen molar-refractivity contribution in [3.63, 3.8) is 0 Å². The molecule has 0 saturated carbocycles. The van der Waals surface area contributed by atoms with Gasteiger partial charge in [-0.2, -0.15) is 13.2 Å². The summed E-state index contributed by atoms with van der Waals surface area (Å²) < 4.78 is 42.4. The average Bonchev–Trinajstić information content (AvgIpc) is 2.28. The molecule has 1 aromatic rings. The molecule has 0 aliphatic rings. The van der Waals surface area contributed by atoms with Crippen molar-refractivity contribution in [2.45, 2.75) is 32.4 Å². The van der Waals surface area contributed by atoms with Gasteiger partial charge in [0.2, 0.25) is 0 Å². The fourth-order valence-corrected chi connectivity index (χ4v) is 1.50. The maximum atomic E-state index is 12.3. The number of benzene rings is 1. The number of hydrogen-bond acceptors (Lipinski definition) is 1. The molecule has 0 spiro atoms. The fraction of sp³-hybridized carbons (Fsp3) is 0.538. The molecule has 96 valence electrons. The van der Waals surface area contributed by atoms with Crippen molar-refractivity contribution in [3.8, 4) is 0 Å². The topological polar surface area (TPSA) is 9.23 Å². The molecular formula is C13H17F3O. The molecule has 17 heavy (non-hydrogen) atoms. The van der Waals surface area contributed by atoms with E-state index in [1.165, 1.54) is 12.1 Å². The van der Waals surface area contributed by atoms with E-state index < -0.39 is 11.7 Å². The van der Waals surface area contributed by atoms with Gasteiger partial charge in [-0.15, -0.1) is 0 Å². The molecule has 1 rings (SSSR count). The first-order valence-electron chi connectivity index (χ1n) is 5.70. The highest BCUT2D eigenvalue weighted by atomic mass is 19.4. The molecule has 0 unspecified atom stereocenters. The molecule has 1 atom stereocenters. The minimum Gasteiger partial charge on any atom is -0.381 e. The molecule has 0 amide bonds. The van der Waals surface area contributed by atoms with Gasteiger partial charge < -0.3 is 4.74 Å². The second-order valence-electron chi connectivity index (χ2n) is 4.10. The molecule has 0 aromatic heterocycles. The van der Waals surface area contributed by atoms with E-state index in [0.717, 1.165) is 24.1 Å². The van der Waals surface area contributed by atoms with E-state index >= 15 is 0 Å². The van der Waals surface area contributed by atoms with Crippen molar-refractivity contribution >= 4 is 0 Å². The van der Waals surface area contributed by atoms with Crippen LogP contribution in [0.5, 0.6) is 0 Å². The summed E-state index contributed by atoms with van der Waals surface area (Å²) in [5, 5.41) is 0. The highest BCUT2D eigenvalue weighted by Gasteiger charge is 2.30. The molecule has 0 N–H and O–H groups in total. The van der Waals surface area contributed by atoms with Crippen LogP contribution in [0.15, 0.2) is 24.3 Å². The van der Waals surface area contributed by atoms with Crippen LogP contribution in [-0.4, -0.2) is 13.2 Å². The predicted octanol–water partition coefficient (Wildman–Crippen LogP) is 4.24. The van der Waals surface area contributed by atoms with E-state index in [-0.39, 0.29) is 5.92 Å².